The molecule has 0 saturated heterocycles. The smallest absolute Gasteiger partial charge is 0.251 e. The summed E-state index contributed by atoms with van der Waals surface area (Å²) in [6.07, 6.45) is 0. The quantitative estimate of drug-likeness (QED) is 0.568. The maximum absolute atomic E-state index is 12.4. The summed E-state index contributed by atoms with van der Waals surface area (Å²) in [6, 6.07) is 14.4. The minimum absolute atomic E-state index is 0.0460. The third-order valence-electron chi connectivity index (χ3n) is 4.57. The van der Waals surface area contributed by atoms with E-state index in [4.69, 9.17) is 17.0 Å². The topological polar surface area (TPSA) is 90.2 Å². The predicted molar refractivity (Wildman–Crippen MR) is 116 cm³/mol. The molecule has 0 aliphatic rings. The number of nitrogens with zero attached hydrogens (tertiary/aromatic N) is 3. The Balaban J connectivity index is 1.65. The number of hydrogen-bond donors (Lipinski definition) is 2. The normalized spacial score (nSPS) is 10.5. The molecule has 0 spiro atoms. The molecule has 0 aliphatic heterocycles. The van der Waals surface area contributed by atoms with Crippen LogP contribution in [0.4, 0.5) is 5.69 Å². The maximum Gasteiger partial charge on any atom is 0.251 e. The van der Waals surface area contributed by atoms with E-state index in [-0.39, 0.29) is 24.9 Å². The van der Waals surface area contributed by atoms with Crippen LogP contribution >= 0.6 is 12.2 Å². The Hall–Kier alpha value is -3.46. The summed E-state index contributed by atoms with van der Waals surface area (Å²) in [4.78, 5) is 24.8. The predicted octanol–water partition coefficient (Wildman–Crippen LogP) is 2.84. The van der Waals surface area contributed by atoms with Crippen LogP contribution in [0.25, 0.3) is 0 Å². The van der Waals surface area contributed by atoms with Gasteiger partial charge in [-0.15, -0.1) is 0 Å². The lowest BCUT2D eigenvalue weighted by Gasteiger charge is -2.07. The number of amides is 2. The van der Waals surface area contributed by atoms with Crippen LogP contribution in [-0.2, 0) is 24.9 Å². The Labute approximate surface area is 179 Å². The van der Waals surface area contributed by atoms with Gasteiger partial charge in [-0.25, -0.2) is 4.68 Å². The third-order valence-corrected chi connectivity index (χ3v) is 5.06. The van der Waals surface area contributed by atoms with Crippen molar-refractivity contribution in [1.29, 1.82) is 0 Å². The summed E-state index contributed by atoms with van der Waals surface area (Å²) >= 11 is 5.38. The molecule has 0 fully saturated rings. The van der Waals surface area contributed by atoms with Crippen LogP contribution in [0, 0.1) is 11.7 Å². The Morgan fingerprint density at radius 3 is 2.67 bits per heavy atom. The van der Waals surface area contributed by atoms with Crippen molar-refractivity contribution in [2.24, 2.45) is 7.05 Å². The molecule has 0 unspecified atom stereocenters. The zero-order valence-corrected chi connectivity index (χ0v) is 17.8. The molecule has 0 bridgehead atoms. The summed E-state index contributed by atoms with van der Waals surface area (Å²) in [7, 11) is 3.31. The van der Waals surface area contributed by atoms with Crippen molar-refractivity contribution in [3.05, 3.63) is 70.3 Å². The van der Waals surface area contributed by atoms with Gasteiger partial charge in [0.1, 0.15) is 12.3 Å². The van der Waals surface area contributed by atoms with E-state index in [0.717, 1.165) is 5.56 Å². The van der Waals surface area contributed by atoms with E-state index in [1.54, 1.807) is 49.1 Å². The highest BCUT2D eigenvalue weighted by atomic mass is 32.1. The number of aromatic nitrogens is 3. The Bertz CT molecular complexity index is 1140. The molecule has 8 nitrogen and oxygen atoms in total. The van der Waals surface area contributed by atoms with E-state index >= 15 is 0 Å². The lowest BCUT2D eigenvalue weighted by Crippen LogP contribution is -2.25. The molecular weight excluding hydrogens is 402 g/mol. The number of rotatable bonds is 7. The SMILES string of the molecule is COc1cccc(NC(=O)Cn2nc(CNC(=O)c3ccccc3C)n(C)c2=S)c1. The molecule has 9 heteroatoms. The summed E-state index contributed by atoms with van der Waals surface area (Å²) < 4.78 is 8.64. The molecule has 3 aromatic rings. The molecule has 2 amide bonds. The van der Waals surface area contributed by atoms with Crippen LogP contribution in [-0.4, -0.2) is 33.3 Å². The Morgan fingerprint density at radius 2 is 1.93 bits per heavy atom. The summed E-state index contributed by atoms with van der Waals surface area (Å²) in [6.45, 7) is 2.03. The third kappa shape index (κ3) is 4.93. The van der Waals surface area contributed by atoms with Gasteiger partial charge in [-0.3, -0.25) is 9.59 Å². The molecule has 0 aliphatic carbocycles. The minimum Gasteiger partial charge on any atom is -0.497 e. The fraction of sp³-hybridized carbons (Fsp3) is 0.238. The number of aryl methyl sites for hydroxylation is 1. The van der Waals surface area contributed by atoms with E-state index in [0.29, 0.717) is 27.6 Å². The number of benzene rings is 2. The molecule has 3 rings (SSSR count). The summed E-state index contributed by atoms with van der Waals surface area (Å²) in [5, 5.41) is 10.0. The molecule has 2 N–H and O–H groups in total. The van der Waals surface area contributed by atoms with Gasteiger partial charge < -0.3 is 19.9 Å². The molecule has 2 aromatic carbocycles. The van der Waals surface area contributed by atoms with Gasteiger partial charge in [-0.2, -0.15) is 5.10 Å². The number of anilines is 1. The molecule has 0 radical (unpaired) electrons. The summed E-state index contributed by atoms with van der Waals surface area (Å²) in [5.74, 6) is 0.738. The second-order valence-electron chi connectivity index (χ2n) is 6.69. The van der Waals surface area contributed by atoms with Gasteiger partial charge in [0.15, 0.2) is 10.6 Å². The van der Waals surface area contributed by atoms with Gasteiger partial charge in [0.2, 0.25) is 5.91 Å². The number of methoxy groups -OCH3 is 1. The Morgan fingerprint density at radius 1 is 1.17 bits per heavy atom. The van der Waals surface area contributed by atoms with Crippen molar-refractivity contribution in [3.63, 3.8) is 0 Å². The van der Waals surface area contributed by atoms with Crippen molar-refractivity contribution in [2.45, 2.75) is 20.0 Å². The molecule has 0 atom stereocenters. The second-order valence-corrected chi connectivity index (χ2v) is 7.06. The highest BCUT2D eigenvalue weighted by Gasteiger charge is 2.14. The highest BCUT2D eigenvalue weighted by molar-refractivity contribution is 7.71. The van der Waals surface area contributed by atoms with E-state index in [2.05, 4.69) is 15.7 Å². The lowest BCUT2D eigenvalue weighted by molar-refractivity contribution is -0.116. The van der Waals surface area contributed by atoms with Gasteiger partial charge in [-0.05, 0) is 42.9 Å². The van der Waals surface area contributed by atoms with E-state index in [1.165, 1.54) is 4.68 Å². The van der Waals surface area contributed by atoms with Gasteiger partial charge in [0.25, 0.3) is 5.91 Å². The number of carbonyl (C=O) groups is 2. The van der Waals surface area contributed by atoms with Gasteiger partial charge in [0, 0.05) is 24.4 Å². The van der Waals surface area contributed by atoms with E-state index < -0.39 is 0 Å². The van der Waals surface area contributed by atoms with Crippen molar-refractivity contribution >= 4 is 29.7 Å². The molecule has 0 saturated carbocycles. The van der Waals surface area contributed by atoms with Crippen molar-refractivity contribution in [3.8, 4) is 5.75 Å². The van der Waals surface area contributed by atoms with Crippen LogP contribution in [0.3, 0.4) is 0 Å². The fourth-order valence-corrected chi connectivity index (χ4v) is 3.12. The zero-order chi connectivity index (χ0) is 21.7. The molecule has 156 valence electrons. The minimum atomic E-state index is -0.270. The van der Waals surface area contributed by atoms with E-state index in [1.807, 2.05) is 25.1 Å². The maximum atomic E-state index is 12.4. The number of carbonyl (C=O) groups excluding carboxylic acids is 2. The largest absolute Gasteiger partial charge is 0.497 e. The van der Waals surface area contributed by atoms with Crippen molar-refractivity contribution in [1.82, 2.24) is 19.7 Å². The van der Waals surface area contributed by atoms with Crippen LogP contribution < -0.4 is 15.4 Å². The van der Waals surface area contributed by atoms with Gasteiger partial charge >= 0.3 is 0 Å². The lowest BCUT2D eigenvalue weighted by atomic mass is 10.1. The second kappa shape index (κ2) is 9.36. The first kappa shape index (κ1) is 21.3. The number of hydrogen-bond acceptors (Lipinski definition) is 5. The van der Waals surface area contributed by atoms with Crippen LogP contribution in [0.1, 0.15) is 21.7 Å². The number of ether oxygens (including phenoxy) is 1. The van der Waals surface area contributed by atoms with Gasteiger partial charge in [-0.1, -0.05) is 24.3 Å². The molecule has 30 heavy (non-hydrogen) atoms. The zero-order valence-electron chi connectivity index (χ0n) is 17.0. The fourth-order valence-electron chi connectivity index (χ4n) is 2.91. The van der Waals surface area contributed by atoms with Crippen LogP contribution in [0.2, 0.25) is 0 Å². The average Bonchev–Trinajstić information content (AvgIpc) is 3.00. The standard InChI is InChI=1S/C21H23N5O3S/c1-14-7-4-5-10-17(14)20(28)22-12-18-24-26(21(30)25(18)2)13-19(27)23-15-8-6-9-16(11-15)29-3/h4-11H,12-13H2,1-3H3,(H,22,28)(H,23,27). The first-order valence-corrected chi connectivity index (χ1v) is 9.70. The van der Waals surface area contributed by atoms with Crippen molar-refractivity contribution < 1.29 is 14.3 Å². The Kier molecular flexibility index (Phi) is 6.63. The van der Waals surface area contributed by atoms with Gasteiger partial charge in [0.05, 0.1) is 13.7 Å². The average molecular weight is 426 g/mol. The molecule has 1 heterocycles. The highest BCUT2D eigenvalue weighted by Crippen LogP contribution is 2.16. The van der Waals surface area contributed by atoms with Crippen LogP contribution in [0.15, 0.2) is 48.5 Å². The monoisotopic (exact) mass is 425 g/mol. The molecular formula is C21H23N5O3S. The van der Waals surface area contributed by atoms with Crippen molar-refractivity contribution in [2.75, 3.05) is 12.4 Å². The summed E-state index contributed by atoms with van der Waals surface area (Å²) in [5.41, 5.74) is 2.12. The van der Waals surface area contributed by atoms with E-state index in [9.17, 15) is 9.59 Å². The molecule has 1 aromatic heterocycles. The number of nitrogens with one attached hydrogen (secondary N) is 2. The first-order chi connectivity index (χ1) is 14.4. The van der Waals surface area contributed by atoms with Crippen LogP contribution in [0.5, 0.6) is 5.75 Å². The first-order valence-electron chi connectivity index (χ1n) is 9.29.